The van der Waals surface area contributed by atoms with Crippen LogP contribution in [0.4, 0.5) is 4.39 Å². The van der Waals surface area contributed by atoms with Crippen molar-refractivity contribution < 1.29 is 19.4 Å². The molecule has 0 aliphatic heterocycles. The van der Waals surface area contributed by atoms with Crippen molar-refractivity contribution in [1.29, 1.82) is 0 Å². The van der Waals surface area contributed by atoms with Crippen LogP contribution in [0.2, 0.25) is 0 Å². The quantitative estimate of drug-likeness (QED) is 0.689. The van der Waals surface area contributed by atoms with Crippen LogP contribution in [0, 0.1) is 0 Å². The maximum Gasteiger partial charge on any atom is 0.320 e. The molecule has 0 amide bonds. The van der Waals surface area contributed by atoms with Gasteiger partial charge in [-0.3, -0.25) is 4.79 Å². The van der Waals surface area contributed by atoms with E-state index in [9.17, 15) is 14.3 Å². The van der Waals surface area contributed by atoms with Gasteiger partial charge >= 0.3 is 5.97 Å². The molecule has 1 aromatic rings. The summed E-state index contributed by atoms with van der Waals surface area (Å²) >= 11 is 0. The van der Waals surface area contributed by atoms with Gasteiger partial charge in [0.2, 0.25) is 0 Å². The van der Waals surface area contributed by atoms with E-state index in [1.807, 2.05) is 0 Å². The molecule has 0 aliphatic carbocycles. The van der Waals surface area contributed by atoms with Crippen molar-refractivity contribution in [3.63, 3.8) is 0 Å². The zero-order chi connectivity index (χ0) is 11.4. The molecular formula is C10H12FNO3. The molecule has 0 aromatic heterocycles. The third kappa shape index (κ3) is 3.21. The van der Waals surface area contributed by atoms with Gasteiger partial charge in [-0.2, -0.15) is 0 Å². The Morgan fingerprint density at radius 3 is 2.53 bits per heavy atom. The molecule has 82 valence electrons. The predicted molar refractivity (Wildman–Crippen MR) is 52.2 cm³/mol. The Kier molecular flexibility index (Phi) is 3.62. The Morgan fingerprint density at radius 2 is 2.00 bits per heavy atom. The van der Waals surface area contributed by atoms with Crippen molar-refractivity contribution in [2.75, 3.05) is 0 Å². The summed E-state index contributed by atoms with van der Waals surface area (Å²) in [6, 6.07) is 3.11. The van der Waals surface area contributed by atoms with E-state index in [0.29, 0.717) is 11.1 Å². The standard InChI is InChI=1S/C10H12FNO3/c11-5-7-1-6(2-8(13)3-7)4-9(12)10(14)15/h1-3,9,13H,4-5,12H2,(H,14,15)/i11-1. The van der Waals surface area contributed by atoms with Crippen LogP contribution in [0.3, 0.4) is 0 Å². The van der Waals surface area contributed by atoms with Gasteiger partial charge in [-0.25, -0.2) is 4.39 Å². The van der Waals surface area contributed by atoms with E-state index in [1.165, 1.54) is 18.2 Å². The zero-order valence-electron chi connectivity index (χ0n) is 7.98. The highest BCUT2D eigenvalue weighted by Gasteiger charge is 2.12. The van der Waals surface area contributed by atoms with Crippen molar-refractivity contribution in [1.82, 2.24) is 0 Å². The average Bonchev–Trinajstić information content (AvgIpc) is 2.16. The van der Waals surface area contributed by atoms with Gasteiger partial charge in [0.15, 0.2) is 0 Å². The summed E-state index contributed by atoms with van der Waals surface area (Å²) in [7, 11) is 0. The highest BCUT2D eigenvalue weighted by molar-refractivity contribution is 5.73. The second-order valence-electron chi connectivity index (χ2n) is 3.29. The number of phenols is 1. The van der Waals surface area contributed by atoms with Crippen LogP contribution in [0.1, 0.15) is 11.1 Å². The van der Waals surface area contributed by atoms with Gasteiger partial charge in [0.25, 0.3) is 0 Å². The molecular weight excluding hydrogens is 200 g/mol. The maximum atomic E-state index is 12.3. The van der Waals surface area contributed by atoms with Gasteiger partial charge in [0.05, 0.1) is 0 Å². The van der Waals surface area contributed by atoms with E-state index in [1.54, 1.807) is 0 Å². The summed E-state index contributed by atoms with van der Waals surface area (Å²) < 4.78 is 12.3. The molecule has 0 saturated carbocycles. The van der Waals surface area contributed by atoms with Crippen molar-refractivity contribution in [2.24, 2.45) is 5.73 Å². The first-order chi connectivity index (χ1) is 7.02. The Hall–Kier alpha value is -1.62. The first-order valence-corrected chi connectivity index (χ1v) is 4.39. The van der Waals surface area contributed by atoms with Crippen molar-refractivity contribution in [3.8, 4) is 5.75 Å². The highest BCUT2D eigenvalue weighted by Crippen LogP contribution is 2.17. The lowest BCUT2D eigenvalue weighted by Crippen LogP contribution is -2.32. The lowest BCUT2D eigenvalue weighted by Gasteiger charge is -2.08. The van der Waals surface area contributed by atoms with E-state index in [0.717, 1.165) is 0 Å². The topological polar surface area (TPSA) is 83.5 Å². The summed E-state index contributed by atoms with van der Waals surface area (Å²) in [4.78, 5) is 10.5. The molecule has 0 aliphatic rings. The van der Waals surface area contributed by atoms with Gasteiger partial charge in [-0.05, 0) is 29.7 Å². The van der Waals surface area contributed by atoms with E-state index in [-0.39, 0.29) is 12.2 Å². The monoisotopic (exact) mass is 212 g/mol. The first kappa shape index (κ1) is 11.5. The Balaban J connectivity index is 2.85. The van der Waals surface area contributed by atoms with Crippen LogP contribution in [-0.2, 0) is 17.9 Å². The number of phenolic OH excluding ortho intramolecular Hbond substituents is 1. The number of alkyl halides is 1. The lowest BCUT2D eigenvalue weighted by molar-refractivity contribution is -0.138. The molecule has 4 N–H and O–H groups in total. The molecule has 15 heavy (non-hydrogen) atoms. The van der Waals surface area contributed by atoms with E-state index in [2.05, 4.69) is 0 Å². The first-order valence-electron chi connectivity index (χ1n) is 4.39. The molecule has 0 bridgehead atoms. The molecule has 0 fully saturated rings. The minimum Gasteiger partial charge on any atom is -0.508 e. The van der Waals surface area contributed by atoms with E-state index < -0.39 is 18.7 Å². The SMILES string of the molecule is NC(Cc1cc(O)cc(C[18F])c1)C(=O)O. The third-order valence-electron chi connectivity index (χ3n) is 1.96. The van der Waals surface area contributed by atoms with Crippen LogP contribution in [0.25, 0.3) is 0 Å². The molecule has 1 atom stereocenters. The summed E-state index contributed by atoms with van der Waals surface area (Å²) in [5.74, 6) is -1.21. The Labute approximate surface area is 86.1 Å². The Morgan fingerprint density at radius 1 is 1.40 bits per heavy atom. The Bertz CT molecular complexity index is 368. The number of halogens is 1. The van der Waals surface area contributed by atoms with E-state index in [4.69, 9.17) is 10.8 Å². The number of rotatable bonds is 4. The highest BCUT2D eigenvalue weighted by atomic mass is 18.2. The van der Waals surface area contributed by atoms with Crippen molar-refractivity contribution >= 4 is 5.97 Å². The molecule has 1 rings (SSSR count). The third-order valence-corrected chi connectivity index (χ3v) is 1.96. The normalized spacial score (nSPS) is 12.4. The minimum atomic E-state index is -1.12. The predicted octanol–water partition coefficient (Wildman–Crippen LogP) is 0.816. The van der Waals surface area contributed by atoms with Gasteiger partial charge in [-0.1, -0.05) is 6.07 Å². The molecule has 4 nitrogen and oxygen atoms in total. The smallest absolute Gasteiger partial charge is 0.320 e. The number of aromatic hydroxyl groups is 1. The number of carboxylic acids is 1. The fourth-order valence-corrected chi connectivity index (χ4v) is 1.28. The average molecular weight is 212 g/mol. The molecule has 0 spiro atoms. The summed E-state index contributed by atoms with van der Waals surface area (Å²) in [5, 5.41) is 17.8. The molecule has 0 saturated heterocycles. The van der Waals surface area contributed by atoms with Crippen molar-refractivity contribution in [3.05, 3.63) is 29.3 Å². The number of nitrogens with two attached hydrogens (primary N) is 1. The maximum absolute atomic E-state index is 12.3. The van der Waals surface area contributed by atoms with Crippen LogP contribution in [-0.4, -0.2) is 22.2 Å². The number of carboxylic acid groups (broad SMARTS) is 1. The van der Waals surface area contributed by atoms with Gasteiger partial charge in [0.1, 0.15) is 18.5 Å². The number of hydrogen-bond donors (Lipinski definition) is 3. The lowest BCUT2D eigenvalue weighted by atomic mass is 10.0. The van der Waals surface area contributed by atoms with Gasteiger partial charge in [0, 0.05) is 0 Å². The molecule has 5 heteroatoms. The van der Waals surface area contributed by atoms with Crippen LogP contribution >= 0.6 is 0 Å². The second-order valence-corrected chi connectivity index (χ2v) is 3.29. The zero-order valence-corrected chi connectivity index (χ0v) is 7.98. The minimum absolute atomic E-state index is 0.0662. The van der Waals surface area contributed by atoms with Crippen LogP contribution in [0.5, 0.6) is 5.75 Å². The fourth-order valence-electron chi connectivity index (χ4n) is 1.28. The second kappa shape index (κ2) is 4.75. The number of carbonyl (C=O) groups is 1. The number of hydrogen-bond acceptors (Lipinski definition) is 3. The number of benzene rings is 1. The molecule has 0 heterocycles. The molecule has 1 unspecified atom stereocenters. The van der Waals surface area contributed by atoms with E-state index >= 15 is 0 Å². The summed E-state index contributed by atoms with van der Waals surface area (Å²) in [6.07, 6.45) is 0.0662. The van der Waals surface area contributed by atoms with Crippen LogP contribution in [0.15, 0.2) is 18.2 Å². The van der Waals surface area contributed by atoms with Gasteiger partial charge < -0.3 is 15.9 Å². The van der Waals surface area contributed by atoms with Crippen molar-refractivity contribution in [2.45, 2.75) is 19.1 Å². The fraction of sp³-hybridized carbons (Fsp3) is 0.300. The largest absolute Gasteiger partial charge is 0.508 e. The van der Waals surface area contributed by atoms with Gasteiger partial charge in [-0.15, -0.1) is 0 Å². The summed E-state index contributed by atoms with van der Waals surface area (Å²) in [6.45, 7) is -0.705. The molecule has 0 radical (unpaired) electrons. The van der Waals surface area contributed by atoms with Crippen LogP contribution < -0.4 is 5.73 Å². The summed E-state index contributed by atoms with van der Waals surface area (Å²) in [5.41, 5.74) is 6.13. The molecule has 1 aromatic carbocycles. The number of aliphatic carboxylic acids is 1.